The van der Waals surface area contributed by atoms with Crippen LogP contribution in [-0.2, 0) is 14.3 Å². The highest BCUT2D eigenvalue weighted by Gasteiger charge is 2.63. The molecule has 4 fully saturated rings. The predicted molar refractivity (Wildman–Crippen MR) is 219 cm³/mol. The third kappa shape index (κ3) is 12.4. The van der Waals surface area contributed by atoms with E-state index in [0.29, 0.717) is 48.3 Å². The molecule has 0 aromatic rings. The summed E-state index contributed by atoms with van der Waals surface area (Å²) in [6.45, 7) is 9.22. The summed E-state index contributed by atoms with van der Waals surface area (Å²) in [5, 5.41) is 21.1. The minimum Gasteiger partial charge on any atom is -0.481 e. The third-order valence-electron chi connectivity index (χ3n) is 14.8. The minimum atomic E-state index is -0.713. The summed E-state index contributed by atoms with van der Waals surface area (Å²) in [4.78, 5) is 24.1. The predicted octanol–water partition coefficient (Wildman–Crippen LogP) is 12.7. The largest absolute Gasteiger partial charge is 0.481 e. The Morgan fingerprint density at radius 1 is 0.736 bits per heavy atom. The number of aliphatic hydroxyl groups excluding tert-OH is 1. The fourth-order valence-electron chi connectivity index (χ4n) is 11.7. The van der Waals surface area contributed by atoms with E-state index in [1.165, 1.54) is 64.2 Å². The number of hydrogen-bond donors (Lipinski definition) is 2. The van der Waals surface area contributed by atoms with Crippen LogP contribution in [0.4, 0.5) is 0 Å². The highest BCUT2D eigenvalue weighted by atomic mass is 16.5. The molecule has 5 nitrogen and oxygen atoms in total. The van der Waals surface area contributed by atoms with Gasteiger partial charge in [-0.25, -0.2) is 0 Å². The van der Waals surface area contributed by atoms with Crippen LogP contribution in [0.1, 0.15) is 182 Å². The number of aliphatic carboxylic acids is 1. The first-order chi connectivity index (χ1) is 25.6. The van der Waals surface area contributed by atoms with Crippen molar-refractivity contribution < 1.29 is 24.5 Å². The molecule has 0 bridgehead atoms. The van der Waals surface area contributed by atoms with E-state index in [4.69, 9.17) is 4.74 Å². The topological polar surface area (TPSA) is 83.8 Å². The molecule has 300 valence electrons. The first kappa shape index (κ1) is 43.6. The van der Waals surface area contributed by atoms with Crippen molar-refractivity contribution in [1.82, 2.24) is 0 Å². The molecule has 0 aromatic heterocycles. The van der Waals surface area contributed by atoms with Crippen molar-refractivity contribution in [2.75, 3.05) is 0 Å². The van der Waals surface area contributed by atoms with Crippen LogP contribution in [0.25, 0.3) is 0 Å². The summed E-state index contributed by atoms with van der Waals surface area (Å²) >= 11 is 0. The summed E-state index contributed by atoms with van der Waals surface area (Å²) in [5.41, 5.74) is 0.104. The molecular weight excluding hydrogens is 657 g/mol. The number of carbonyl (C=O) groups is 2. The molecule has 0 aromatic carbocycles. The van der Waals surface area contributed by atoms with Crippen molar-refractivity contribution >= 4 is 11.9 Å². The van der Waals surface area contributed by atoms with Crippen LogP contribution >= 0.6 is 0 Å². The van der Waals surface area contributed by atoms with E-state index in [1.807, 2.05) is 0 Å². The standard InChI is InChI=1S/C48H78O5/c1-5-6-7-8-9-10-11-12-13-14-15-16-17-18-19-20-21-22-23-24-25-26-46(52)53-39-33-34-47(3)38(35-39)28-29-40-42-31-30-41(37(2)27-32-45(50)51)48(42,4)44(49)36-43(40)47/h6-7,9-10,12-13,15-16,37-44,49H,5,8,11,14,17-36H2,1-4H3,(H,50,51)/b7-6-,10-9-,13-12-,16-15-. The van der Waals surface area contributed by atoms with Crippen LogP contribution < -0.4 is 0 Å². The van der Waals surface area contributed by atoms with Gasteiger partial charge in [0.1, 0.15) is 6.10 Å². The van der Waals surface area contributed by atoms with E-state index >= 15 is 0 Å². The van der Waals surface area contributed by atoms with Gasteiger partial charge in [0.15, 0.2) is 0 Å². The van der Waals surface area contributed by atoms with E-state index in [9.17, 15) is 19.8 Å². The Morgan fingerprint density at radius 3 is 2.02 bits per heavy atom. The SMILES string of the molecule is CC/C=C\C/C=C\C/C=C\C/C=C\CCCCCCCCCCC(=O)OC1CCC2(C)C(CCC3C2CC(O)C2(C)C(C(C)CCC(=O)O)CCC32)C1. The van der Waals surface area contributed by atoms with Gasteiger partial charge in [0.05, 0.1) is 6.10 Å². The number of hydrogen-bond acceptors (Lipinski definition) is 4. The summed E-state index contributed by atoms with van der Waals surface area (Å²) in [7, 11) is 0. The maximum Gasteiger partial charge on any atom is 0.306 e. The Balaban J connectivity index is 1.04. The zero-order chi connectivity index (χ0) is 38.1. The highest BCUT2D eigenvalue weighted by Crippen LogP contribution is 2.68. The lowest BCUT2D eigenvalue weighted by molar-refractivity contribution is -0.181. The number of rotatable bonds is 23. The molecule has 5 heteroatoms. The van der Waals surface area contributed by atoms with E-state index in [0.717, 1.165) is 70.6 Å². The Kier molecular flexibility index (Phi) is 18.4. The Hall–Kier alpha value is -2.14. The van der Waals surface area contributed by atoms with Gasteiger partial charge in [-0.15, -0.1) is 0 Å². The molecule has 4 rings (SSSR count). The number of allylic oxidation sites excluding steroid dienone is 8. The van der Waals surface area contributed by atoms with Crippen molar-refractivity contribution in [2.45, 2.75) is 194 Å². The number of carboxylic acids is 1. The second-order valence-corrected chi connectivity index (χ2v) is 18.1. The average Bonchev–Trinajstić information content (AvgIpc) is 3.50. The minimum absolute atomic E-state index is 0.000932. The van der Waals surface area contributed by atoms with Gasteiger partial charge in [0, 0.05) is 12.8 Å². The zero-order valence-corrected chi connectivity index (χ0v) is 34.3. The van der Waals surface area contributed by atoms with Crippen molar-refractivity contribution in [3.05, 3.63) is 48.6 Å². The summed E-state index contributed by atoms with van der Waals surface area (Å²) < 4.78 is 6.11. The van der Waals surface area contributed by atoms with Crippen LogP contribution in [0, 0.1) is 46.3 Å². The lowest BCUT2D eigenvalue weighted by Crippen LogP contribution is -2.59. The number of ether oxygens (including phenoxy) is 1. The zero-order valence-electron chi connectivity index (χ0n) is 34.3. The van der Waals surface area contributed by atoms with Crippen LogP contribution in [-0.4, -0.2) is 34.4 Å². The smallest absolute Gasteiger partial charge is 0.306 e. The number of carboxylic acid groups (broad SMARTS) is 1. The van der Waals surface area contributed by atoms with Crippen molar-refractivity contribution in [2.24, 2.45) is 46.3 Å². The van der Waals surface area contributed by atoms with Gasteiger partial charge in [-0.2, -0.15) is 0 Å². The first-order valence-corrected chi connectivity index (χ1v) is 22.3. The molecule has 4 aliphatic carbocycles. The highest BCUT2D eigenvalue weighted by molar-refractivity contribution is 5.69. The van der Waals surface area contributed by atoms with Gasteiger partial charge < -0.3 is 14.9 Å². The molecule has 10 unspecified atom stereocenters. The van der Waals surface area contributed by atoms with Crippen molar-refractivity contribution in [1.29, 1.82) is 0 Å². The second kappa shape index (κ2) is 22.4. The Bertz CT molecular complexity index is 1220. The van der Waals surface area contributed by atoms with Crippen molar-refractivity contribution in [3.8, 4) is 0 Å². The van der Waals surface area contributed by atoms with Crippen molar-refractivity contribution in [3.63, 3.8) is 0 Å². The number of esters is 1. The molecule has 0 heterocycles. The van der Waals surface area contributed by atoms with Crippen LogP contribution in [0.15, 0.2) is 48.6 Å². The van der Waals surface area contributed by atoms with E-state index < -0.39 is 5.97 Å². The van der Waals surface area contributed by atoms with E-state index in [-0.39, 0.29) is 35.4 Å². The second-order valence-electron chi connectivity index (χ2n) is 18.1. The average molecular weight is 735 g/mol. The third-order valence-corrected chi connectivity index (χ3v) is 14.8. The van der Waals surface area contributed by atoms with Gasteiger partial charge in [-0.3, -0.25) is 9.59 Å². The molecule has 4 saturated carbocycles. The number of carbonyl (C=O) groups excluding carboxylic acids is 1. The molecule has 0 spiro atoms. The fraction of sp³-hybridized carbons (Fsp3) is 0.792. The Labute approximate surface area is 324 Å². The van der Waals surface area contributed by atoms with E-state index in [2.05, 4.69) is 76.3 Å². The lowest BCUT2D eigenvalue weighted by atomic mass is 9.43. The van der Waals surface area contributed by atoms with Crippen LogP contribution in [0.5, 0.6) is 0 Å². The van der Waals surface area contributed by atoms with Gasteiger partial charge in [0.2, 0.25) is 0 Å². The molecule has 4 aliphatic rings. The molecule has 10 atom stereocenters. The van der Waals surface area contributed by atoms with Crippen LogP contribution in [0.2, 0.25) is 0 Å². The summed E-state index contributed by atoms with van der Waals surface area (Å²) in [5.74, 6) is 2.29. The maximum absolute atomic E-state index is 12.9. The molecular formula is C48H78O5. The number of unbranched alkanes of at least 4 members (excludes halogenated alkanes) is 8. The molecule has 0 radical (unpaired) electrons. The van der Waals surface area contributed by atoms with Gasteiger partial charge in [0.25, 0.3) is 0 Å². The quantitative estimate of drug-likeness (QED) is 0.0620. The maximum atomic E-state index is 12.9. The molecule has 0 amide bonds. The normalized spacial score (nSPS) is 33.4. The van der Waals surface area contributed by atoms with Gasteiger partial charge >= 0.3 is 11.9 Å². The number of aliphatic hydroxyl groups is 1. The van der Waals surface area contributed by atoms with Gasteiger partial charge in [-0.05, 0) is 149 Å². The van der Waals surface area contributed by atoms with Crippen LogP contribution in [0.3, 0.4) is 0 Å². The van der Waals surface area contributed by atoms with Gasteiger partial charge in [-0.1, -0.05) is 115 Å². The number of fused-ring (bicyclic) bond motifs is 5. The fourth-order valence-corrected chi connectivity index (χ4v) is 11.7. The molecule has 2 N–H and O–H groups in total. The molecule has 0 aliphatic heterocycles. The summed E-state index contributed by atoms with van der Waals surface area (Å²) in [6.07, 6.45) is 43.0. The van der Waals surface area contributed by atoms with E-state index in [1.54, 1.807) is 0 Å². The molecule has 0 saturated heterocycles. The lowest BCUT2D eigenvalue weighted by Gasteiger charge is -2.62. The molecule has 53 heavy (non-hydrogen) atoms. The Morgan fingerprint density at radius 2 is 1.36 bits per heavy atom. The first-order valence-electron chi connectivity index (χ1n) is 22.3. The monoisotopic (exact) mass is 735 g/mol. The summed E-state index contributed by atoms with van der Waals surface area (Å²) in [6, 6.07) is 0.